The molecule has 2 heterocycles. The Morgan fingerprint density at radius 1 is 1.45 bits per heavy atom. The molecule has 0 saturated carbocycles. The van der Waals surface area contributed by atoms with E-state index >= 15 is 0 Å². The molecule has 22 heavy (non-hydrogen) atoms. The van der Waals surface area contributed by atoms with Crippen LogP contribution >= 0.6 is 0 Å². The molecular formula is C15H21N3O4. The maximum atomic E-state index is 11.7. The molecule has 1 amide bonds. The first-order chi connectivity index (χ1) is 10.3. The number of likely N-dealkylation sites (tertiary alicyclic amines) is 1. The summed E-state index contributed by atoms with van der Waals surface area (Å²) in [7, 11) is 0. The minimum absolute atomic E-state index is 0.103. The fourth-order valence-electron chi connectivity index (χ4n) is 2.34. The lowest BCUT2D eigenvalue weighted by atomic mass is 10.0. The van der Waals surface area contributed by atoms with Gasteiger partial charge < -0.3 is 15.2 Å². The molecule has 2 rings (SSSR count). The van der Waals surface area contributed by atoms with Crippen LogP contribution < -0.4 is 5.32 Å². The van der Waals surface area contributed by atoms with Crippen LogP contribution in [0.1, 0.15) is 32.4 Å². The van der Waals surface area contributed by atoms with Gasteiger partial charge in [0.05, 0.1) is 6.04 Å². The molecule has 0 bridgehead atoms. The van der Waals surface area contributed by atoms with Crippen molar-refractivity contribution in [1.82, 2.24) is 15.2 Å². The second-order valence-electron chi connectivity index (χ2n) is 6.32. The third-order valence-electron chi connectivity index (χ3n) is 3.23. The molecule has 2 N–H and O–H groups in total. The van der Waals surface area contributed by atoms with E-state index in [1.54, 1.807) is 50.2 Å². The van der Waals surface area contributed by atoms with E-state index < -0.39 is 23.7 Å². The number of alkyl carbamates (subject to hydrolysis) is 1. The van der Waals surface area contributed by atoms with E-state index in [0.29, 0.717) is 18.7 Å². The first kappa shape index (κ1) is 16.2. The third-order valence-corrected chi connectivity index (χ3v) is 3.23. The molecular weight excluding hydrogens is 286 g/mol. The number of amides is 1. The van der Waals surface area contributed by atoms with Crippen molar-refractivity contribution in [1.29, 1.82) is 0 Å². The van der Waals surface area contributed by atoms with Gasteiger partial charge in [0.25, 0.3) is 0 Å². The van der Waals surface area contributed by atoms with E-state index in [0.717, 1.165) is 0 Å². The number of aliphatic carboxylic acids is 1. The average molecular weight is 307 g/mol. The second-order valence-corrected chi connectivity index (χ2v) is 6.32. The van der Waals surface area contributed by atoms with Gasteiger partial charge in [0.15, 0.2) is 0 Å². The van der Waals surface area contributed by atoms with Crippen LogP contribution in [0.25, 0.3) is 0 Å². The molecule has 1 saturated heterocycles. The van der Waals surface area contributed by atoms with Crippen LogP contribution in [-0.4, -0.2) is 51.8 Å². The molecule has 1 aromatic rings. The predicted octanol–water partition coefficient (Wildman–Crippen LogP) is 1.42. The van der Waals surface area contributed by atoms with Gasteiger partial charge in [-0.15, -0.1) is 0 Å². The van der Waals surface area contributed by atoms with Gasteiger partial charge in [-0.25, -0.2) is 4.79 Å². The number of rotatable bonds is 4. The zero-order valence-electron chi connectivity index (χ0n) is 12.9. The molecule has 7 heteroatoms. The lowest BCUT2D eigenvalue weighted by Gasteiger charge is -2.42. The summed E-state index contributed by atoms with van der Waals surface area (Å²) in [5.41, 5.74) is 0.0815. The molecule has 120 valence electrons. The first-order valence-corrected chi connectivity index (χ1v) is 7.12. The lowest BCUT2D eigenvalue weighted by Crippen LogP contribution is -2.61. The number of carbonyl (C=O) groups is 2. The third kappa shape index (κ3) is 4.17. The summed E-state index contributed by atoms with van der Waals surface area (Å²) in [6, 6.07) is 2.60. The van der Waals surface area contributed by atoms with Gasteiger partial charge in [0.1, 0.15) is 11.6 Å². The summed E-state index contributed by atoms with van der Waals surface area (Å²) in [5.74, 6) is -0.927. The summed E-state index contributed by atoms with van der Waals surface area (Å²) in [6.07, 6.45) is 2.67. The number of ether oxygens (including phenoxy) is 1. The highest BCUT2D eigenvalue weighted by molar-refractivity contribution is 5.75. The van der Waals surface area contributed by atoms with Gasteiger partial charge in [-0.2, -0.15) is 0 Å². The molecule has 7 nitrogen and oxygen atoms in total. The molecule has 1 atom stereocenters. The van der Waals surface area contributed by atoms with Gasteiger partial charge in [-0.3, -0.25) is 14.7 Å². The summed E-state index contributed by atoms with van der Waals surface area (Å²) < 4.78 is 5.18. The van der Waals surface area contributed by atoms with Crippen molar-refractivity contribution in [2.24, 2.45) is 0 Å². The van der Waals surface area contributed by atoms with Crippen molar-refractivity contribution in [3.05, 3.63) is 30.1 Å². The predicted molar refractivity (Wildman–Crippen MR) is 79.3 cm³/mol. The van der Waals surface area contributed by atoms with Crippen molar-refractivity contribution in [2.45, 2.75) is 38.5 Å². The molecule has 1 fully saturated rings. The minimum Gasteiger partial charge on any atom is -0.480 e. The molecule has 0 aromatic carbocycles. The average Bonchev–Trinajstić information content (AvgIpc) is 2.34. The lowest BCUT2D eigenvalue weighted by molar-refractivity contribution is -0.145. The zero-order valence-corrected chi connectivity index (χ0v) is 12.9. The van der Waals surface area contributed by atoms with E-state index in [-0.39, 0.29) is 6.04 Å². The largest absolute Gasteiger partial charge is 0.480 e. The van der Waals surface area contributed by atoms with E-state index in [1.165, 1.54) is 0 Å². The SMILES string of the molecule is CC(C)(C)OC(=O)NC1CN(C(C(=O)O)c2cccnc2)C1. The van der Waals surface area contributed by atoms with Gasteiger partial charge in [-0.1, -0.05) is 6.07 Å². The zero-order chi connectivity index (χ0) is 16.3. The van der Waals surface area contributed by atoms with E-state index in [9.17, 15) is 14.7 Å². The Balaban J connectivity index is 1.89. The highest BCUT2D eigenvalue weighted by Crippen LogP contribution is 2.25. The Bertz CT molecular complexity index is 535. The number of hydrogen-bond donors (Lipinski definition) is 2. The fourth-order valence-corrected chi connectivity index (χ4v) is 2.34. The summed E-state index contributed by atoms with van der Waals surface area (Å²) in [4.78, 5) is 28.9. The fraction of sp³-hybridized carbons (Fsp3) is 0.533. The number of nitrogens with one attached hydrogen (secondary N) is 1. The topological polar surface area (TPSA) is 91.8 Å². The van der Waals surface area contributed by atoms with Gasteiger partial charge >= 0.3 is 12.1 Å². The van der Waals surface area contributed by atoms with Crippen molar-refractivity contribution in [3.8, 4) is 0 Å². The number of carbonyl (C=O) groups excluding carboxylic acids is 1. The molecule has 0 aliphatic carbocycles. The maximum Gasteiger partial charge on any atom is 0.407 e. The van der Waals surface area contributed by atoms with E-state index in [2.05, 4.69) is 10.3 Å². The number of pyridine rings is 1. The standard InChI is InChI=1S/C15H21N3O4/c1-15(2,3)22-14(21)17-11-8-18(9-11)12(13(19)20)10-5-4-6-16-7-10/h4-7,11-12H,8-9H2,1-3H3,(H,17,21)(H,19,20). The Morgan fingerprint density at radius 2 is 2.14 bits per heavy atom. The molecule has 1 aliphatic heterocycles. The number of aromatic nitrogens is 1. The Labute approximate surface area is 129 Å². The smallest absolute Gasteiger partial charge is 0.407 e. The summed E-state index contributed by atoms with van der Waals surface area (Å²) in [5, 5.41) is 12.1. The van der Waals surface area contributed by atoms with Crippen LogP contribution in [0.4, 0.5) is 4.79 Å². The highest BCUT2D eigenvalue weighted by Gasteiger charge is 2.38. The molecule has 1 aliphatic rings. The van der Waals surface area contributed by atoms with Crippen molar-refractivity contribution in [3.63, 3.8) is 0 Å². The van der Waals surface area contributed by atoms with E-state index in [1.807, 2.05) is 0 Å². The molecule has 0 radical (unpaired) electrons. The number of carboxylic acids is 1. The second kappa shape index (κ2) is 6.31. The molecule has 1 aromatic heterocycles. The van der Waals surface area contributed by atoms with Crippen LogP contribution in [-0.2, 0) is 9.53 Å². The van der Waals surface area contributed by atoms with Crippen LogP contribution in [0.3, 0.4) is 0 Å². The van der Waals surface area contributed by atoms with Crippen molar-refractivity contribution >= 4 is 12.1 Å². The summed E-state index contributed by atoms with van der Waals surface area (Å²) in [6.45, 7) is 6.31. The summed E-state index contributed by atoms with van der Waals surface area (Å²) >= 11 is 0. The monoisotopic (exact) mass is 307 g/mol. The molecule has 1 unspecified atom stereocenters. The Morgan fingerprint density at radius 3 is 2.64 bits per heavy atom. The van der Waals surface area contributed by atoms with Crippen LogP contribution in [0.15, 0.2) is 24.5 Å². The van der Waals surface area contributed by atoms with Crippen LogP contribution in [0.5, 0.6) is 0 Å². The number of hydrogen-bond acceptors (Lipinski definition) is 5. The Hall–Kier alpha value is -2.15. The van der Waals surface area contributed by atoms with Crippen molar-refractivity contribution in [2.75, 3.05) is 13.1 Å². The van der Waals surface area contributed by atoms with Gasteiger partial charge in [-0.05, 0) is 32.4 Å². The first-order valence-electron chi connectivity index (χ1n) is 7.12. The maximum absolute atomic E-state index is 11.7. The normalized spacial score (nSPS) is 17.4. The van der Waals surface area contributed by atoms with Crippen LogP contribution in [0.2, 0.25) is 0 Å². The van der Waals surface area contributed by atoms with Crippen molar-refractivity contribution < 1.29 is 19.4 Å². The van der Waals surface area contributed by atoms with Gasteiger partial charge in [0, 0.05) is 25.5 Å². The van der Waals surface area contributed by atoms with E-state index in [4.69, 9.17) is 4.74 Å². The number of nitrogens with zero attached hydrogens (tertiary/aromatic N) is 2. The van der Waals surface area contributed by atoms with Crippen LogP contribution in [0, 0.1) is 0 Å². The Kier molecular flexibility index (Phi) is 4.65. The van der Waals surface area contributed by atoms with Gasteiger partial charge in [0.2, 0.25) is 0 Å². The minimum atomic E-state index is -0.927. The quantitative estimate of drug-likeness (QED) is 0.874. The number of carboxylic acid groups (broad SMARTS) is 1. The highest BCUT2D eigenvalue weighted by atomic mass is 16.6. The molecule has 0 spiro atoms.